The van der Waals surface area contributed by atoms with Crippen LogP contribution >= 0.6 is 11.8 Å². The van der Waals surface area contributed by atoms with Gasteiger partial charge in [0.25, 0.3) is 17.0 Å². The molecule has 1 aromatic rings. The lowest BCUT2D eigenvalue weighted by molar-refractivity contribution is -0.485. The molecule has 2 atom stereocenters. The number of carbonyl (C=O) groups is 3. The maximum absolute atomic E-state index is 12.4. The van der Waals surface area contributed by atoms with Gasteiger partial charge in [-0.05, 0) is 36.2 Å². The number of amides is 2. The summed E-state index contributed by atoms with van der Waals surface area (Å²) in [6.07, 6.45) is 0. The highest BCUT2D eigenvalue weighted by atomic mass is 32.2. The van der Waals surface area contributed by atoms with Crippen molar-refractivity contribution < 1.29 is 28.4 Å². The third kappa shape index (κ3) is 3.30. The van der Waals surface area contributed by atoms with Crippen molar-refractivity contribution >= 4 is 34.6 Å². The van der Waals surface area contributed by atoms with Gasteiger partial charge in [-0.1, -0.05) is 18.2 Å². The fourth-order valence-electron chi connectivity index (χ4n) is 2.62. The van der Waals surface area contributed by atoms with Gasteiger partial charge in [0.2, 0.25) is 6.04 Å². The maximum Gasteiger partial charge on any atom is 0.422 e. The number of rotatable bonds is 5. The second-order valence-electron chi connectivity index (χ2n) is 5.55. The second-order valence-corrected chi connectivity index (χ2v) is 6.44. The van der Waals surface area contributed by atoms with E-state index in [0.29, 0.717) is 10.8 Å². The fourth-order valence-corrected chi connectivity index (χ4v) is 3.66. The summed E-state index contributed by atoms with van der Waals surface area (Å²) in [5, 5.41) is 5.03. The maximum atomic E-state index is 12.4. The summed E-state index contributed by atoms with van der Waals surface area (Å²) >= 11 is 1.32. The topological polar surface area (TPSA) is 84.7 Å². The molecule has 2 amide bonds. The van der Waals surface area contributed by atoms with Gasteiger partial charge in [0.05, 0.1) is 7.11 Å². The van der Waals surface area contributed by atoms with Crippen LogP contribution in [0.4, 0.5) is 0 Å². The summed E-state index contributed by atoms with van der Waals surface area (Å²) < 4.78 is 11.5. The zero-order chi connectivity index (χ0) is 18.0. The van der Waals surface area contributed by atoms with Gasteiger partial charge in [-0.25, -0.2) is 9.59 Å². The van der Waals surface area contributed by atoms with Crippen molar-refractivity contribution in [1.29, 1.82) is 0 Å². The average Bonchev–Trinajstić information content (AvgIpc) is 2.64. The van der Waals surface area contributed by atoms with E-state index in [1.165, 1.54) is 23.4 Å². The Kier molecular flexibility index (Phi) is 4.89. The highest BCUT2D eigenvalue weighted by Gasteiger charge is 2.58. The number of thioether (sulfide) groups is 1. The summed E-state index contributed by atoms with van der Waals surface area (Å²) in [5.74, 6) is -0.672. The first-order chi connectivity index (χ1) is 12.0. The summed E-state index contributed by atoms with van der Waals surface area (Å²) in [6.45, 7) is 1.57. The molecule has 0 bridgehead atoms. The van der Waals surface area contributed by atoms with Gasteiger partial charge >= 0.3 is 11.9 Å². The first-order valence-corrected chi connectivity index (χ1v) is 8.49. The van der Waals surface area contributed by atoms with E-state index in [-0.39, 0.29) is 12.5 Å². The molecule has 8 heteroatoms. The zero-order valence-electron chi connectivity index (χ0n) is 13.7. The smallest absolute Gasteiger partial charge is 0.422 e. The molecular formula is C17H17N2O5S+. The van der Waals surface area contributed by atoms with Crippen molar-refractivity contribution in [2.75, 3.05) is 13.7 Å². The lowest BCUT2D eigenvalue weighted by Gasteiger charge is -2.29. The third-order valence-electron chi connectivity index (χ3n) is 3.87. The van der Waals surface area contributed by atoms with Crippen LogP contribution in [-0.2, 0) is 19.1 Å². The summed E-state index contributed by atoms with van der Waals surface area (Å²) in [7, 11) is 1.28. The number of nitrogens with zero attached hydrogens (tertiary/aromatic N) is 1. The molecule has 0 unspecified atom stereocenters. The van der Waals surface area contributed by atoms with Crippen LogP contribution in [0.2, 0.25) is 0 Å². The van der Waals surface area contributed by atoms with Gasteiger partial charge in [-0.15, -0.1) is 4.58 Å². The monoisotopic (exact) mass is 361 g/mol. The van der Waals surface area contributed by atoms with E-state index >= 15 is 0 Å². The molecule has 0 aromatic heterocycles. The Bertz CT molecular complexity index is 787. The predicted octanol–water partition coefficient (Wildman–Crippen LogP) is 0.694. The second kappa shape index (κ2) is 7.10. The summed E-state index contributed by atoms with van der Waals surface area (Å²) in [5.41, 5.74) is 0.728. The average molecular weight is 361 g/mol. The van der Waals surface area contributed by atoms with Gasteiger partial charge in [0.15, 0.2) is 6.61 Å². The van der Waals surface area contributed by atoms with Crippen LogP contribution < -0.4 is 10.1 Å². The van der Waals surface area contributed by atoms with Gasteiger partial charge in [0, 0.05) is 5.57 Å². The molecule has 2 heterocycles. The lowest BCUT2D eigenvalue weighted by Crippen LogP contribution is -2.65. The molecule has 0 spiro atoms. The third-order valence-corrected chi connectivity index (χ3v) is 5.03. The molecule has 1 N–H and O–H groups in total. The van der Waals surface area contributed by atoms with Gasteiger partial charge in [-0.3, -0.25) is 4.79 Å². The first kappa shape index (κ1) is 17.2. The molecule has 0 saturated heterocycles. The standard InChI is InChI=1S/C17H16N2O5S/c1-10-9-25-16-13(15(21)19(16)14(10)17(22)23-2)18-12(20)8-24-11-6-4-3-5-7-11/h3-7,9,13-14H,8H2,1-2H3/p+1/t13-,14-/m1/s1. The van der Waals surface area contributed by atoms with E-state index in [1.54, 1.807) is 36.6 Å². The Hall–Kier alpha value is -2.61. The lowest BCUT2D eigenvalue weighted by atomic mass is 10.0. The number of nitrogens with one attached hydrogen (secondary N) is 1. The number of esters is 1. The van der Waals surface area contributed by atoms with E-state index in [1.807, 2.05) is 6.07 Å². The van der Waals surface area contributed by atoms with E-state index < -0.39 is 24.0 Å². The van der Waals surface area contributed by atoms with Crippen LogP contribution in [0.15, 0.2) is 41.3 Å². The van der Waals surface area contributed by atoms with Crippen molar-refractivity contribution in [1.82, 2.24) is 5.32 Å². The molecule has 0 radical (unpaired) electrons. The Morgan fingerprint density at radius 3 is 2.68 bits per heavy atom. The molecule has 7 nitrogen and oxygen atoms in total. The molecule has 1 aromatic carbocycles. The number of benzene rings is 1. The predicted molar refractivity (Wildman–Crippen MR) is 91.3 cm³/mol. The minimum atomic E-state index is -0.762. The Balaban J connectivity index is 1.64. The molecule has 2 aliphatic heterocycles. The van der Waals surface area contributed by atoms with Crippen LogP contribution in [-0.4, -0.2) is 53.2 Å². The van der Waals surface area contributed by atoms with Crippen molar-refractivity contribution in [2.24, 2.45) is 0 Å². The molecule has 0 aliphatic carbocycles. The minimum Gasteiger partial charge on any atom is -0.484 e. The van der Waals surface area contributed by atoms with Crippen molar-refractivity contribution in [3.8, 4) is 5.75 Å². The van der Waals surface area contributed by atoms with Crippen molar-refractivity contribution in [3.05, 3.63) is 41.3 Å². The van der Waals surface area contributed by atoms with Gasteiger partial charge in [-0.2, -0.15) is 0 Å². The Morgan fingerprint density at radius 2 is 2.00 bits per heavy atom. The van der Waals surface area contributed by atoms with Crippen molar-refractivity contribution in [2.45, 2.75) is 19.0 Å². The quantitative estimate of drug-likeness (QED) is 0.614. The van der Waals surface area contributed by atoms with Crippen molar-refractivity contribution in [3.63, 3.8) is 0 Å². The SMILES string of the molecule is COC(=O)[C@H]1C(C)=CSC2=[N+]1C(=O)[C@H]2NC(=O)COc1ccccc1. The van der Waals surface area contributed by atoms with Gasteiger partial charge in [0.1, 0.15) is 5.75 Å². The highest BCUT2D eigenvalue weighted by Crippen LogP contribution is 2.30. The molecule has 0 saturated carbocycles. The Labute approximate surface area is 148 Å². The molecule has 130 valence electrons. The van der Waals surface area contributed by atoms with Crippen LogP contribution in [0.3, 0.4) is 0 Å². The number of methoxy groups -OCH3 is 1. The van der Waals surface area contributed by atoms with Crippen LogP contribution in [0.5, 0.6) is 5.75 Å². The van der Waals surface area contributed by atoms with Crippen LogP contribution in [0.25, 0.3) is 0 Å². The molecule has 3 rings (SSSR count). The normalized spacial score (nSPS) is 21.7. The molecule has 0 fully saturated rings. The van der Waals surface area contributed by atoms with Crippen LogP contribution in [0, 0.1) is 0 Å². The first-order valence-electron chi connectivity index (χ1n) is 7.61. The number of carbonyl (C=O) groups excluding carboxylic acids is 3. The number of para-hydroxylation sites is 1. The summed E-state index contributed by atoms with van der Waals surface area (Å²) in [6, 6.07) is 7.41. The van der Waals surface area contributed by atoms with Crippen LogP contribution in [0.1, 0.15) is 6.92 Å². The number of ether oxygens (including phenoxy) is 2. The number of hydrogen-bond acceptors (Lipinski definition) is 6. The van der Waals surface area contributed by atoms with E-state index in [9.17, 15) is 14.4 Å². The Morgan fingerprint density at radius 1 is 1.28 bits per heavy atom. The summed E-state index contributed by atoms with van der Waals surface area (Å²) in [4.78, 5) is 36.3. The highest BCUT2D eigenvalue weighted by molar-refractivity contribution is 8.16. The van der Waals surface area contributed by atoms with E-state index in [0.717, 1.165) is 5.57 Å². The zero-order valence-corrected chi connectivity index (χ0v) is 14.5. The van der Waals surface area contributed by atoms with E-state index in [4.69, 9.17) is 9.47 Å². The van der Waals surface area contributed by atoms with Gasteiger partial charge < -0.3 is 14.8 Å². The number of hydrogen-bond donors (Lipinski definition) is 1. The molecule has 25 heavy (non-hydrogen) atoms. The molecule has 2 aliphatic rings. The minimum absolute atomic E-state index is 0.193. The fraction of sp³-hybridized carbons (Fsp3) is 0.294. The van der Waals surface area contributed by atoms with E-state index in [2.05, 4.69) is 5.32 Å². The largest absolute Gasteiger partial charge is 0.484 e. The molecular weight excluding hydrogens is 344 g/mol.